The first-order valence-electron chi connectivity index (χ1n) is 16.5. The Morgan fingerprint density at radius 3 is 1.47 bits per heavy atom. The maximum atomic E-state index is 6.65. The Labute approximate surface area is 284 Å². The number of furan rings is 1. The van der Waals surface area contributed by atoms with Crippen LogP contribution in [0.4, 0.5) is 0 Å². The van der Waals surface area contributed by atoms with Gasteiger partial charge in [-0.2, -0.15) is 0 Å². The summed E-state index contributed by atoms with van der Waals surface area (Å²) in [5.41, 5.74) is 11.6. The molecule has 1 aliphatic heterocycles. The highest BCUT2D eigenvalue weighted by Gasteiger charge is 2.24. The van der Waals surface area contributed by atoms with Gasteiger partial charge in [-0.15, -0.1) is 0 Å². The van der Waals surface area contributed by atoms with Crippen molar-refractivity contribution in [1.82, 2.24) is 5.32 Å². The van der Waals surface area contributed by atoms with Crippen LogP contribution >= 0.6 is 0 Å². The maximum Gasteiger partial charge on any atom is 0.170 e. The first-order chi connectivity index (χ1) is 24.3. The summed E-state index contributed by atoms with van der Waals surface area (Å²) in [4.78, 5) is 10.4. The van der Waals surface area contributed by atoms with Crippen LogP contribution in [0.25, 0.3) is 55.3 Å². The van der Waals surface area contributed by atoms with Crippen LogP contribution in [-0.4, -0.2) is 11.7 Å². The molecular formula is C45H31N3O. The van der Waals surface area contributed by atoms with E-state index in [0.717, 1.165) is 67.0 Å². The number of hydrogen-bond acceptors (Lipinski definition) is 4. The van der Waals surface area contributed by atoms with E-state index in [0.29, 0.717) is 0 Å². The van der Waals surface area contributed by atoms with E-state index in [-0.39, 0.29) is 0 Å². The second-order valence-electron chi connectivity index (χ2n) is 12.2. The quantitative estimate of drug-likeness (QED) is 0.199. The molecule has 0 saturated carbocycles. The van der Waals surface area contributed by atoms with Gasteiger partial charge in [0.1, 0.15) is 22.8 Å². The van der Waals surface area contributed by atoms with Crippen molar-refractivity contribution < 1.29 is 4.42 Å². The molecule has 49 heavy (non-hydrogen) atoms. The van der Waals surface area contributed by atoms with E-state index in [1.807, 2.05) is 42.5 Å². The van der Waals surface area contributed by atoms with E-state index >= 15 is 0 Å². The van der Waals surface area contributed by atoms with Gasteiger partial charge in [0.05, 0.1) is 0 Å². The van der Waals surface area contributed by atoms with Gasteiger partial charge < -0.3 is 9.73 Å². The summed E-state index contributed by atoms with van der Waals surface area (Å²) in [6.07, 6.45) is -0.474. The molecule has 0 aliphatic carbocycles. The molecular weight excluding hydrogens is 599 g/mol. The number of rotatable bonds is 6. The van der Waals surface area contributed by atoms with Crippen molar-refractivity contribution in [2.75, 3.05) is 0 Å². The molecule has 4 heteroatoms. The van der Waals surface area contributed by atoms with Crippen LogP contribution in [0, 0.1) is 0 Å². The predicted molar refractivity (Wildman–Crippen MR) is 202 cm³/mol. The molecule has 2 heterocycles. The first kappa shape index (κ1) is 28.7. The fourth-order valence-electron chi connectivity index (χ4n) is 6.72. The minimum absolute atomic E-state index is 0.474. The number of nitrogens with zero attached hydrogens (tertiary/aromatic N) is 2. The van der Waals surface area contributed by atoms with Gasteiger partial charge in [-0.1, -0.05) is 170 Å². The van der Waals surface area contributed by atoms with Crippen LogP contribution in [0.3, 0.4) is 0 Å². The molecule has 0 bridgehead atoms. The van der Waals surface area contributed by atoms with Crippen molar-refractivity contribution in [3.05, 3.63) is 193 Å². The molecule has 4 nitrogen and oxygen atoms in total. The van der Waals surface area contributed by atoms with Crippen molar-refractivity contribution in [2.24, 2.45) is 9.98 Å². The number of amidine groups is 2. The van der Waals surface area contributed by atoms with Crippen LogP contribution < -0.4 is 5.32 Å². The fraction of sp³-hybridized carbons (Fsp3) is 0.0222. The topological polar surface area (TPSA) is 49.9 Å². The Kier molecular flexibility index (Phi) is 7.17. The summed E-state index contributed by atoms with van der Waals surface area (Å²) >= 11 is 0. The zero-order valence-corrected chi connectivity index (χ0v) is 26.6. The third-order valence-electron chi connectivity index (χ3n) is 9.19. The number of para-hydroxylation sites is 1. The lowest BCUT2D eigenvalue weighted by Gasteiger charge is -2.23. The van der Waals surface area contributed by atoms with Crippen LogP contribution in [0.1, 0.15) is 22.9 Å². The van der Waals surface area contributed by atoms with Gasteiger partial charge in [0.25, 0.3) is 0 Å². The molecule has 232 valence electrons. The predicted octanol–water partition coefficient (Wildman–Crippen LogP) is 11.1. The molecule has 9 rings (SSSR count). The fourth-order valence-corrected chi connectivity index (χ4v) is 6.72. The molecule has 0 spiro atoms. The Morgan fingerprint density at radius 1 is 0.408 bits per heavy atom. The van der Waals surface area contributed by atoms with Gasteiger partial charge in [0.15, 0.2) is 6.17 Å². The minimum atomic E-state index is -0.474. The monoisotopic (exact) mass is 629 g/mol. The summed E-state index contributed by atoms with van der Waals surface area (Å²) in [6.45, 7) is 0. The van der Waals surface area contributed by atoms with Crippen LogP contribution in [0.5, 0.6) is 0 Å². The molecule has 1 aliphatic rings. The van der Waals surface area contributed by atoms with Crippen LogP contribution in [-0.2, 0) is 0 Å². The average Bonchev–Trinajstić information content (AvgIpc) is 3.58. The SMILES string of the molecule is c1ccc(C2=NC(c3cccc4oc5c(-c6ccc(-c7ccccc7)cc6)cccc5c34)N=C(c3ccc(-c4ccccc4)cc3)N2)cc1. The van der Waals surface area contributed by atoms with E-state index in [9.17, 15) is 0 Å². The normalized spacial score (nSPS) is 14.3. The molecule has 0 radical (unpaired) electrons. The number of fused-ring (bicyclic) bond motifs is 3. The van der Waals surface area contributed by atoms with Crippen LogP contribution in [0.2, 0.25) is 0 Å². The van der Waals surface area contributed by atoms with Crippen molar-refractivity contribution in [2.45, 2.75) is 6.17 Å². The third-order valence-corrected chi connectivity index (χ3v) is 9.19. The van der Waals surface area contributed by atoms with Gasteiger partial charge in [-0.3, -0.25) is 0 Å². The van der Waals surface area contributed by atoms with E-state index in [2.05, 4.69) is 139 Å². The lowest BCUT2D eigenvalue weighted by atomic mass is 9.97. The highest BCUT2D eigenvalue weighted by Crippen LogP contribution is 2.40. The number of aliphatic imine (C=N–C) groups is 2. The van der Waals surface area contributed by atoms with Gasteiger partial charge in [0, 0.05) is 33.0 Å². The minimum Gasteiger partial charge on any atom is -0.455 e. The Morgan fingerprint density at radius 2 is 0.878 bits per heavy atom. The third kappa shape index (κ3) is 5.39. The molecule has 0 amide bonds. The van der Waals surface area contributed by atoms with E-state index in [1.165, 1.54) is 16.7 Å². The van der Waals surface area contributed by atoms with Gasteiger partial charge >= 0.3 is 0 Å². The molecule has 8 aromatic rings. The smallest absolute Gasteiger partial charge is 0.170 e. The summed E-state index contributed by atoms with van der Waals surface area (Å²) in [6, 6.07) is 61.0. The second-order valence-corrected chi connectivity index (χ2v) is 12.2. The Balaban J connectivity index is 1.15. The molecule has 1 atom stereocenters. The molecule has 0 fully saturated rings. The van der Waals surface area contributed by atoms with Crippen molar-refractivity contribution in [1.29, 1.82) is 0 Å². The van der Waals surface area contributed by atoms with Crippen molar-refractivity contribution >= 4 is 33.6 Å². The molecule has 0 saturated heterocycles. The van der Waals surface area contributed by atoms with E-state index in [4.69, 9.17) is 14.4 Å². The number of benzene rings is 7. The van der Waals surface area contributed by atoms with Gasteiger partial charge in [-0.25, -0.2) is 9.98 Å². The highest BCUT2D eigenvalue weighted by atomic mass is 16.3. The maximum absolute atomic E-state index is 6.65. The van der Waals surface area contributed by atoms with Gasteiger partial charge in [-0.05, 0) is 33.9 Å². The summed E-state index contributed by atoms with van der Waals surface area (Å²) in [5, 5.41) is 5.63. The summed E-state index contributed by atoms with van der Waals surface area (Å²) < 4.78 is 6.65. The summed E-state index contributed by atoms with van der Waals surface area (Å²) in [5.74, 6) is 1.56. The first-order valence-corrected chi connectivity index (χ1v) is 16.5. The highest BCUT2D eigenvalue weighted by molar-refractivity contribution is 6.16. The van der Waals surface area contributed by atoms with E-state index in [1.54, 1.807) is 0 Å². The average molecular weight is 630 g/mol. The molecule has 1 N–H and O–H groups in total. The molecule has 7 aromatic carbocycles. The van der Waals surface area contributed by atoms with Crippen LogP contribution in [0.15, 0.2) is 190 Å². The molecule has 1 unspecified atom stereocenters. The zero-order valence-electron chi connectivity index (χ0n) is 26.6. The number of nitrogens with one attached hydrogen (secondary N) is 1. The number of hydrogen-bond donors (Lipinski definition) is 1. The van der Waals surface area contributed by atoms with Gasteiger partial charge in [0.2, 0.25) is 0 Å². The Hall–Kier alpha value is -6.52. The lowest BCUT2D eigenvalue weighted by molar-refractivity contribution is 0.668. The van der Waals surface area contributed by atoms with Crippen molar-refractivity contribution in [3.8, 4) is 33.4 Å². The zero-order chi connectivity index (χ0) is 32.6. The lowest BCUT2D eigenvalue weighted by Crippen LogP contribution is -2.36. The largest absolute Gasteiger partial charge is 0.455 e. The second kappa shape index (κ2) is 12.3. The Bertz CT molecular complexity index is 2480. The standard InChI is InChI=1S/C45H31N3O/c1-4-12-30(13-5-1)32-22-26-34(27-23-32)37-18-10-19-38-41-39(20-11-21-40(41)49-42(37)38)45-47-43(35-16-8-3-9-17-35)46-44(48-45)36-28-24-33(25-29-36)31-14-6-2-7-15-31/h1-29,45H,(H,46,47,48). The molecule has 1 aromatic heterocycles. The van der Waals surface area contributed by atoms with Crippen molar-refractivity contribution in [3.63, 3.8) is 0 Å². The van der Waals surface area contributed by atoms with E-state index < -0.39 is 6.17 Å². The summed E-state index contributed by atoms with van der Waals surface area (Å²) in [7, 11) is 0.